The summed E-state index contributed by atoms with van der Waals surface area (Å²) in [5.41, 5.74) is 1.57. The molecule has 1 fully saturated rings. The first kappa shape index (κ1) is 12.4. The molecule has 1 aliphatic heterocycles. The van der Waals surface area contributed by atoms with Crippen LogP contribution in [-0.4, -0.2) is 22.6 Å². The maximum Gasteiger partial charge on any atom is 0.0951 e. The van der Waals surface area contributed by atoms with E-state index in [1.165, 1.54) is 17.0 Å². The zero-order valence-corrected chi connectivity index (χ0v) is 12.7. The average Bonchev–Trinajstić information content (AvgIpc) is 3.02. The Labute approximate surface area is 119 Å². The molecule has 0 aromatic carbocycles. The van der Waals surface area contributed by atoms with Gasteiger partial charge in [-0.15, -0.1) is 11.3 Å². The van der Waals surface area contributed by atoms with Crippen LogP contribution in [0.2, 0.25) is 0 Å². The van der Waals surface area contributed by atoms with Crippen molar-refractivity contribution < 1.29 is 0 Å². The van der Waals surface area contributed by atoms with Gasteiger partial charge in [0.15, 0.2) is 0 Å². The number of aromatic nitrogens is 2. The van der Waals surface area contributed by atoms with Crippen LogP contribution in [0.3, 0.4) is 0 Å². The second kappa shape index (κ2) is 4.79. The van der Waals surface area contributed by atoms with Crippen molar-refractivity contribution >= 4 is 27.3 Å². The van der Waals surface area contributed by atoms with Crippen LogP contribution >= 0.6 is 27.3 Å². The van der Waals surface area contributed by atoms with Gasteiger partial charge < -0.3 is 9.88 Å². The molecule has 3 nitrogen and oxygen atoms in total. The van der Waals surface area contributed by atoms with Crippen LogP contribution in [0.25, 0.3) is 0 Å². The summed E-state index contributed by atoms with van der Waals surface area (Å²) in [6.45, 7) is 5.39. The Kier molecular flexibility index (Phi) is 3.30. The fourth-order valence-electron chi connectivity index (χ4n) is 2.59. The lowest BCUT2D eigenvalue weighted by molar-refractivity contribution is 0.482. The molecule has 3 heterocycles. The highest BCUT2D eigenvalue weighted by molar-refractivity contribution is 9.10. The number of nitrogens with zero attached hydrogens (tertiary/aromatic N) is 2. The molecule has 0 spiro atoms. The molecule has 2 aromatic rings. The van der Waals surface area contributed by atoms with Gasteiger partial charge in [0.25, 0.3) is 0 Å². The monoisotopic (exact) mass is 325 g/mol. The van der Waals surface area contributed by atoms with Crippen LogP contribution in [0.15, 0.2) is 28.4 Å². The van der Waals surface area contributed by atoms with Crippen LogP contribution in [0.4, 0.5) is 0 Å². The van der Waals surface area contributed by atoms with Gasteiger partial charge in [0.1, 0.15) is 0 Å². The molecule has 5 heteroatoms. The van der Waals surface area contributed by atoms with Crippen LogP contribution < -0.4 is 5.32 Å². The molecule has 1 aliphatic rings. The first-order chi connectivity index (χ1) is 8.67. The van der Waals surface area contributed by atoms with E-state index >= 15 is 0 Å². The van der Waals surface area contributed by atoms with Crippen LogP contribution in [0.5, 0.6) is 0 Å². The van der Waals surface area contributed by atoms with Crippen molar-refractivity contribution in [2.75, 3.05) is 13.1 Å². The summed E-state index contributed by atoms with van der Waals surface area (Å²) in [5, 5.41) is 5.58. The highest BCUT2D eigenvalue weighted by Crippen LogP contribution is 2.30. The van der Waals surface area contributed by atoms with E-state index in [4.69, 9.17) is 0 Å². The van der Waals surface area contributed by atoms with Gasteiger partial charge in [-0.3, -0.25) is 0 Å². The molecule has 18 heavy (non-hydrogen) atoms. The highest BCUT2D eigenvalue weighted by Gasteiger charge is 2.33. The smallest absolute Gasteiger partial charge is 0.0951 e. The van der Waals surface area contributed by atoms with E-state index in [1.54, 1.807) is 11.3 Å². The van der Waals surface area contributed by atoms with Gasteiger partial charge >= 0.3 is 0 Å². The predicted molar refractivity (Wildman–Crippen MR) is 78.2 cm³/mol. The number of hydrogen-bond donors (Lipinski definition) is 1. The maximum absolute atomic E-state index is 4.34. The molecule has 1 unspecified atom stereocenters. The largest absolute Gasteiger partial charge is 0.329 e. The normalized spacial score (nSPS) is 23.7. The van der Waals surface area contributed by atoms with Gasteiger partial charge in [-0.2, -0.15) is 0 Å². The summed E-state index contributed by atoms with van der Waals surface area (Å²) in [5.74, 6) is 0. The van der Waals surface area contributed by atoms with Crippen molar-refractivity contribution in [2.24, 2.45) is 0 Å². The van der Waals surface area contributed by atoms with Gasteiger partial charge in [-0.05, 0) is 35.0 Å². The summed E-state index contributed by atoms with van der Waals surface area (Å²) in [6, 6.07) is 2.18. The Hall–Kier alpha value is -0.650. The standard InChI is InChI=1S/C13H16BrN3S/c1-13(2-3-15-8-13)12-5-16-9-17(12)6-11-4-10(14)7-18-11/h4-5,7,9,15H,2-3,6,8H2,1H3. The summed E-state index contributed by atoms with van der Waals surface area (Å²) in [4.78, 5) is 5.70. The van der Waals surface area contributed by atoms with Crippen molar-refractivity contribution in [3.8, 4) is 0 Å². The number of rotatable bonds is 3. The first-order valence-corrected chi connectivity index (χ1v) is 7.79. The van der Waals surface area contributed by atoms with Crippen molar-refractivity contribution in [3.63, 3.8) is 0 Å². The minimum atomic E-state index is 0.227. The molecule has 0 radical (unpaired) electrons. The second-order valence-electron chi connectivity index (χ2n) is 5.13. The van der Waals surface area contributed by atoms with Crippen LogP contribution in [0, 0.1) is 0 Å². The minimum absolute atomic E-state index is 0.227. The number of imidazole rings is 1. The van der Waals surface area contributed by atoms with E-state index in [2.05, 4.69) is 49.2 Å². The summed E-state index contributed by atoms with van der Waals surface area (Å²) >= 11 is 5.29. The van der Waals surface area contributed by atoms with E-state index < -0.39 is 0 Å². The number of halogens is 1. The fraction of sp³-hybridized carbons (Fsp3) is 0.462. The molecule has 0 bridgehead atoms. The highest BCUT2D eigenvalue weighted by atomic mass is 79.9. The Morgan fingerprint density at radius 2 is 2.50 bits per heavy atom. The minimum Gasteiger partial charge on any atom is -0.329 e. The van der Waals surface area contributed by atoms with Gasteiger partial charge in [0, 0.05) is 38.6 Å². The molecule has 0 aliphatic carbocycles. The molecule has 1 N–H and O–H groups in total. The number of thiophene rings is 1. The van der Waals surface area contributed by atoms with E-state index in [1.807, 2.05) is 12.5 Å². The average molecular weight is 326 g/mol. The molecule has 1 atom stereocenters. The van der Waals surface area contributed by atoms with Gasteiger partial charge in [0.2, 0.25) is 0 Å². The molecule has 0 amide bonds. The number of hydrogen-bond acceptors (Lipinski definition) is 3. The molecular formula is C13H16BrN3S. The summed E-state index contributed by atoms with van der Waals surface area (Å²) in [6.07, 6.45) is 5.16. The SMILES string of the molecule is CC1(c2cncn2Cc2cc(Br)cs2)CCNC1. The molecule has 3 rings (SSSR count). The Morgan fingerprint density at radius 1 is 1.61 bits per heavy atom. The molecule has 96 valence electrons. The van der Waals surface area contributed by atoms with Gasteiger partial charge in [0.05, 0.1) is 12.9 Å². The summed E-state index contributed by atoms with van der Waals surface area (Å²) < 4.78 is 3.45. The summed E-state index contributed by atoms with van der Waals surface area (Å²) in [7, 11) is 0. The van der Waals surface area contributed by atoms with E-state index in [9.17, 15) is 0 Å². The number of nitrogens with one attached hydrogen (secondary N) is 1. The fourth-order valence-corrected chi connectivity index (χ4v) is 4.04. The van der Waals surface area contributed by atoms with Crippen molar-refractivity contribution in [3.05, 3.63) is 39.0 Å². The second-order valence-corrected chi connectivity index (χ2v) is 7.04. The maximum atomic E-state index is 4.34. The molecule has 0 saturated carbocycles. The van der Waals surface area contributed by atoms with E-state index in [0.29, 0.717) is 0 Å². The lowest BCUT2D eigenvalue weighted by atomic mass is 9.86. The molecule has 2 aromatic heterocycles. The van der Waals surface area contributed by atoms with Crippen LogP contribution in [-0.2, 0) is 12.0 Å². The predicted octanol–water partition coefficient (Wildman–Crippen LogP) is 3.01. The van der Waals surface area contributed by atoms with Gasteiger partial charge in [-0.25, -0.2) is 4.98 Å². The lowest BCUT2D eigenvalue weighted by Crippen LogP contribution is -2.28. The topological polar surface area (TPSA) is 29.9 Å². The zero-order chi connectivity index (χ0) is 12.6. The van der Waals surface area contributed by atoms with Crippen molar-refractivity contribution in [1.82, 2.24) is 14.9 Å². The third-order valence-corrected chi connectivity index (χ3v) is 5.33. The van der Waals surface area contributed by atoms with Crippen LogP contribution in [0.1, 0.15) is 23.9 Å². The zero-order valence-electron chi connectivity index (χ0n) is 10.3. The Morgan fingerprint density at radius 3 is 3.17 bits per heavy atom. The molecule has 1 saturated heterocycles. The molecular weight excluding hydrogens is 310 g/mol. The third kappa shape index (κ3) is 2.27. The quantitative estimate of drug-likeness (QED) is 0.940. The van der Waals surface area contributed by atoms with Crippen molar-refractivity contribution in [1.29, 1.82) is 0 Å². The van der Waals surface area contributed by atoms with Gasteiger partial charge in [-0.1, -0.05) is 6.92 Å². The lowest BCUT2D eigenvalue weighted by Gasteiger charge is -2.24. The Balaban J connectivity index is 1.87. The first-order valence-electron chi connectivity index (χ1n) is 6.12. The van der Waals surface area contributed by atoms with E-state index in [0.717, 1.165) is 24.1 Å². The Bertz CT molecular complexity index is 540. The third-order valence-electron chi connectivity index (χ3n) is 3.65. The van der Waals surface area contributed by atoms with E-state index in [-0.39, 0.29) is 5.41 Å². The van der Waals surface area contributed by atoms with Crippen molar-refractivity contribution in [2.45, 2.75) is 25.3 Å².